The van der Waals surface area contributed by atoms with E-state index in [1.54, 1.807) is 7.05 Å². The number of piperidine rings is 1. The minimum atomic E-state index is 0.527. The Hall–Kier alpha value is -2.41. The molecule has 0 bridgehead atoms. The number of fused-ring (bicyclic) bond motifs is 1. The Morgan fingerprint density at radius 3 is 2.43 bits per heavy atom. The summed E-state index contributed by atoms with van der Waals surface area (Å²) in [5.74, 6) is 3.28. The fourth-order valence-electron chi connectivity index (χ4n) is 3.89. The van der Waals surface area contributed by atoms with Gasteiger partial charge in [-0.2, -0.15) is 9.97 Å². The summed E-state index contributed by atoms with van der Waals surface area (Å²) in [7, 11) is 1.80. The average molecular weight is 397 g/mol. The summed E-state index contributed by atoms with van der Waals surface area (Å²) in [6.45, 7) is 6.24. The lowest BCUT2D eigenvalue weighted by Gasteiger charge is -2.33. The van der Waals surface area contributed by atoms with Crippen LogP contribution in [0.5, 0.6) is 0 Å². The molecule has 1 aromatic carbocycles. The molecule has 148 valence electrons. The molecule has 0 amide bonds. The first-order chi connectivity index (χ1) is 13.6. The molecule has 0 radical (unpaired) electrons. The van der Waals surface area contributed by atoms with Gasteiger partial charge in [-0.25, -0.2) is 0 Å². The molecule has 0 aliphatic carbocycles. The number of hydrogen-bond donors (Lipinski definition) is 2. The summed E-state index contributed by atoms with van der Waals surface area (Å²) >= 11 is 5.27. The first-order valence-corrected chi connectivity index (χ1v) is 10.5. The SMILES string of the molecule is CNC(=S)Nc1nc(N2CCC(C)CC2)cc(N2CCc3ccccc3C2)n1. The van der Waals surface area contributed by atoms with Crippen molar-refractivity contribution in [3.63, 3.8) is 0 Å². The van der Waals surface area contributed by atoms with Crippen LogP contribution < -0.4 is 20.4 Å². The molecule has 0 spiro atoms. The number of nitrogens with one attached hydrogen (secondary N) is 2. The van der Waals surface area contributed by atoms with Crippen LogP contribution in [0.1, 0.15) is 30.9 Å². The largest absolute Gasteiger partial charge is 0.365 e. The molecule has 0 unspecified atom stereocenters. The van der Waals surface area contributed by atoms with Crippen molar-refractivity contribution in [2.75, 3.05) is 41.8 Å². The van der Waals surface area contributed by atoms with Crippen LogP contribution in [0.3, 0.4) is 0 Å². The van der Waals surface area contributed by atoms with Crippen molar-refractivity contribution in [1.82, 2.24) is 15.3 Å². The lowest BCUT2D eigenvalue weighted by Crippen LogP contribution is -2.35. The molecule has 28 heavy (non-hydrogen) atoms. The lowest BCUT2D eigenvalue weighted by molar-refractivity contribution is 0.436. The first kappa shape index (κ1) is 18.9. The molecular weight excluding hydrogens is 368 g/mol. The lowest BCUT2D eigenvalue weighted by atomic mass is 9.99. The fraction of sp³-hybridized carbons (Fsp3) is 0.476. The summed E-state index contributed by atoms with van der Waals surface area (Å²) in [6, 6.07) is 10.8. The Kier molecular flexibility index (Phi) is 5.62. The molecule has 2 aromatic rings. The summed E-state index contributed by atoms with van der Waals surface area (Å²) in [4.78, 5) is 14.2. The second-order valence-electron chi connectivity index (χ2n) is 7.72. The average Bonchev–Trinajstić information content (AvgIpc) is 2.73. The van der Waals surface area contributed by atoms with Gasteiger partial charge in [0.25, 0.3) is 0 Å². The van der Waals surface area contributed by atoms with Crippen molar-refractivity contribution < 1.29 is 0 Å². The summed E-state index contributed by atoms with van der Waals surface area (Å²) in [5, 5.41) is 6.59. The predicted molar refractivity (Wildman–Crippen MR) is 119 cm³/mol. The molecule has 0 atom stereocenters. The number of aromatic nitrogens is 2. The van der Waals surface area contributed by atoms with Gasteiger partial charge in [0.1, 0.15) is 11.6 Å². The fourth-order valence-corrected chi connectivity index (χ4v) is 3.99. The third-order valence-corrected chi connectivity index (χ3v) is 6.02. The maximum absolute atomic E-state index is 5.27. The molecule has 7 heteroatoms. The maximum Gasteiger partial charge on any atom is 0.232 e. The van der Waals surface area contributed by atoms with Gasteiger partial charge in [0.2, 0.25) is 5.95 Å². The van der Waals surface area contributed by atoms with Crippen LogP contribution in [0.25, 0.3) is 0 Å². The topological polar surface area (TPSA) is 56.3 Å². The van der Waals surface area contributed by atoms with Crippen LogP contribution in [0.4, 0.5) is 17.6 Å². The molecule has 1 aromatic heterocycles. The third kappa shape index (κ3) is 4.19. The number of hydrogen-bond acceptors (Lipinski definition) is 5. The zero-order valence-corrected chi connectivity index (χ0v) is 17.4. The zero-order chi connectivity index (χ0) is 19.5. The van der Waals surface area contributed by atoms with Gasteiger partial charge in [0, 0.05) is 39.3 Å². The Balaban J connectivity index is 1.63. The molecule has 1 saturated heterocycles. The van der Waals surface area contributed by atoms with Crippen molar-refractivity contribution in [2.45, 2.75) is 32.7 Å². The summed E-state index contributed by atoms with van der Waals surface area (Å²) < 4.78 is 0. The molecule has 4 rings (SSSR count). The molecule has 2 aliphatic heterocycles. The second kappa shape index (κ2) is 8.31. The van der Waals surface area contributed by atoms with Gasteiger partial charge >= 0.3 is 0 Å². The van der Waals surface area contributed by atoms with Crippen molar-refractivity contribution in [1.29, 1.82) is 0 Å². The highest BCUT2D eigenvalue weighted by Gasteiger charge is 2.22. The normalized spacial score (nSPS) is 17.2. The van der Waals surface area contributed by atoms with E-state index in [0.29, 0.717) is 11.1 Å². The van der Waals surface area contributed by atoms with E-state index >= 15 is 0 Å². The highest BCUT2D eigenvalue weighted by atomic mass is 32.1. The number of rotatable bonds is 3. The van der Waals surface area contributed by atoms with Crippen LogP contribution in [0, 0.1) is 5.92 Å². The van der Waals surface area contributed by atoms with Gasteiger partial charge in [0.05, 0.1) is 0 Å². The Labute approximate surface area is 172 Å². The summed E-state index contributed by atoms with van der Waals surface area (Å²) in [5.41, 5.74) is 2.81. The number of anilines is 3. The number of nitrogens with zero attached hydrogens (tertiary/aromatic N) is 4. The highest BCUT2D eigenvalue weighted by Crippen LogP contribution is 2.28. The Bertz CT molecular complexity index is 847. The minimum absolute atomic E-state index is 0.527. The van der Waals surface area contributed by atoms with Crippen LogP contribution in [-0.4, -0.2) is 41.8 Å². The van der Waals surface area contributed by atoms with E-state index in [9.17, 15) is 0 Å². The van der Waals surface area contributed by atoms with Crippen LogP contribution in [0.2, 0.25) is 0 Å². The van der Waals surface area contributed by atoms with Crippen molar-refractivity contribution >= 4 is 34.9 Å². The van der Waals surface area contributed by atoms with Crippen LogP contribution in [-0.2, 0) is 13.0 Å². The first-order valence-electron chi connectivity index (χ1n) is 10.1. The Morgan fingerprint density at radius 2 is 1.71 bits per heavy atom. The van der Waals surface area contributed by atoms with Crippen LogP contribution in [0.15, 0.2) is 30.3 Å². The third-order valence-electron chi connectivity index (χ3n) is 5.71. The van der Waals surface area contributed by atoms with Gasteiger partial charge in [-0.3, -0.25) is 0 Å². The van der Waals surface area contributed by atoms with E-state index in [-0.39, 0.29) is 0 Å². The monoisotopic (exact) mass is 396 g/mol. The highest BCUT2D eigenvalue weighted by molar-refractivity contribution is 7.80. The van der Waals surface area contributed by atoms with Gasteiger partial charge in [-0.05, 0) is 48.5 Å². The number of benzene rings is 1. The van der Waals surface area contributed by atoms with E-state index in [2.05, 4.69) is 57.7 Å². The second-order valence-corrected chi connectivity index (χ2v) is 8.13. The van der Waals surface area contributed by atoms with Crippen molar-refractivity contribution in [3.8, 4) is 0 Å². The number of thiocarbonyl (C=S) groups is 1. The quantitative estimate of drug-likeness (QED) is 0.773. The molecule has 1 fully saturated rings. The van der Waals surface area contributed by atoms with E-state index in [1.807, 2.05) is 0 Å². The predicted octanol–water partition coefficient (Wildman–Crippen LogP) is 3.19. The van der Waals surface area contributed by atoms with Gasteiger partial charge in [0.15, 0.2) is 5.11 Å². The maximum atomic E-state index is 5.27. The smallest absolute Gasteiger partial charge is 0.232 e. The van der Waals surface area contributed by atoms with Gasteiger partial charge in [-0.1, -0.05) is 31.2 Å². The minimum Gasteiger partial charge on any atom is -0.365 e. The molecule has 0 saturated carbocycles. The molecule has 3 heterocycles. The van der Waals surface area contributed by atoms with E-state index < -0.39 is 0 Å². The molecule has 6 nitrogen and oxygen atoms in total. The molecular formula is C21H28N6S. The molecule has 2 N–H and O–H groups in total. The van der Waals surface area contributed by atoms with Crippen molar-refractivity contribution in [3.05, 3.63) is 41.5 Å². The van der Waals surface area contributed by atoms with E-state index in [0.717, 1.165) is 50.2 Å². The van der Waals surface area contributed by atoms with E-state index in [1.165, 1.54) is 24.0 Å². The van der Waals surface area contributed by atoms with Gasteiger partial charge in [-0.15, -0.1) is 0 Å². The standard InChI is InChI=1S/C21H28N6S/c1-15-7-10-26(11-8-15)18-13-19(24-20(23-18)25-21(28)22-2)27-12-9-16-5-3-4-6-17(16)14-27/h3-6,13,15H,7-12,14H2,1-2H3,(H2,22,23,24,25,28). The Morgan fingerprint density at radius 1 is 1.04 bits per heavy atom. The molecule has 2 aliphatic rings. The summed E-state index contributed by atoms with van der Waals surface area (Å²) in [6.07, 6.45) is 3.44. The van der Waals surface area contributed by atoms with Gasteiger partial charge < -0.3 is 20.4 Å². The van der Waals surface area contributed by atoms with E-state index in [4.69, 9.17) is 22.2 Å². The van der Waals surface area contributed by atoms with Crippen molar-refractivity contribution in [2.24, 2.45) is 5.92 Å². The zero-order valence-electron chi connectivity index (χ0n) is 16.6. The van der Waals surface area contributed by atoms with Crippen LogP contribution >= 0.6 is 12.2 Å².